The summed E-state index contributed by atoms with van der Waals surface area (Å²) in [7, 11) is 0. The van der Waals surface area contributed by atoms with Gasteiger partial charge >= 0.3 is 5.97 Å². The molecule has 4 rings (SSSR count). The predicted octanol–water partition coefficient (Wildman–Crippen LogP) is 3.20. The number of nitrogens with zero attached hydrogens (tertiary/aromatic N) is 4. The Balaban J connectivity index is 1.49. The number of nitrogens with one attached hydrogen (secondary N) is 2. The maximum Gasteiger partial charge on any atom is 0.305 e. The van der Waals surface area contributed by atoms with Gasteiger partial charge in [0, 0.05) is 30.9 Å². The monoisotopic (exact) mass is 486 g/mol. The zero-order valence-electron chi connectivity index (χ0n) is 19.8. The first-order valence-electron chi connectivity index (χ1n) is 11.6. The van der Waals surface area contributed by atoms with E-state index in [0.29, 0.717) is 30.8 Å². The zero-order chi connectivity index (χ0) is 25.3. The van der Waals surface area contributed by atoms with Crippen LogP contribution in [0.4, 0.5) is 5.69 Å². The molecule has 2 aromatic heterocycles. The van der Waals surface area contributed by atoms with E-state index in [4.69, 9.17) is 4.74 Å². The van der Waals surface area contributed by atoms with Gasteiger partial charge in [-0.15, -0.1) is 5.10 Å². The molecule has 2 aromatic carbocycles. The number of aromatic nitrogens is 4. The molecular formula is C26H26N6O4. The Kier molecular flexibility index (Phi) is 7.97. The quantitative estimate of drug-likeness (QED) is 0.260. The molecule has 184 valence electrons. The predicted molar refractivity (Wildman–Crippen MR) is 133 cm³/mol. The Morgan fingerprint density at radius 3 is 2.58 bits per heavy atom. The number of esters is 1. The molecule has 0 bridgehead atoms. The number of pyridine rings is 1. The van der Waals surface area contributed by atoms with Crippen LogP contribution in [0.15, 0.2) is 67.1 Å². The van der Waals surface area contributed by atoms with Crippen LogP contribution in [0.25, 0.3) is 10.8 Å². The lowest BCUT2D eigenvalue weighted by Gasteiger charge is -2.13. The van der Waals surface area contributed by atoms with E-state index in [0.717, 1.165) is 16.3 Å². The summed E-state index contributed by atoms with van der Waals surface area (Å²) >= 11 is 0. The van der Waals surface area contributed by atoms with E-state index >= 15 is 0 Å². The van der Waals surface area contributed by atoms with Gasteiger partial charge in [0.2, 0.25) is 0 Å². The van der Waals surface area contributed by atoms with E-state index in [1.807, 2.05) is 30.3 Å². The van der Waals surface area contributed by atoms with Crippen LogP contribution in [0.1, 0.15) is 46.2 Å². The minimum Gasteiger partial charge on any atom is -0.466 e. The molecule has 0 saturated carbocycles. The first-order chi connectivity index (χ1) is 17.6. The Morgan fingerprint density at radius 1 is 0.972 bits per heavy atom. The van der Waals surface area contributed by atoms with Crippen molar-refractivity contribution in [2.75, 3.05) is 18.5 Å². The molecule has 0 aliphatic carbocycles. The second kappa shape index (κ2) is 11.7. The van der Waals surface area contributed by atoms with Crippen LogP contribution in [0.3, 0.4) is 0 Å². The smallest absolute Gasteiger partial charge is 0.305 e. The Labute approximate surface area is 207 Å². The number of anilines is 1. The van der Waals surface area contributed by atoms with Crippen LogP contribution in [-0.4, -0.2) is 50.9 Å². The van der Waals surface area contributed by atoms with Crippen LogP contribution in [0.2, 0.25) is 0 Å². The minimum absolute atomic E-state index is 0.0918. The lowest BCUT2D eigenvalue weighted by molar-refractivity contribution is -0.143. The molecular weight excluding hydrogens is 460 g/mol. The summed E-state index contributed by atoms with van der Waals surface area (Å²) in [5, 5.41) is 15.1. The van der Waals surface area contributed by atoms with Crippen molar-refractivity contribution in [3.63, 3.8) is 0 Å². The van der Waals surface area contributed by atoms with E-state index in [2.05, 4.69) is 25.9 Å². The molecule has 0 spiro atoms. The van der Waals surface area contributed by atoms with Crippen LogP contribution in [0.5, 0.6) is 0 Å². The van der Waals surface area contributed by atoms with Crippen molar-refractivity contribution in [2.24, 2.45) is 0 Å². The number of fused-ring (bicyclic) bond motifs is 1. The highest BCUT2D eigenvalue weighted by atomic mass is 16.5. The number of amides is 2. The third-order valence-corrected chi connectivity index (χ3v) is 5.48. The first-order valence-corrected chi connectivity index (χ1v) is 11.6. The van der Waals surface area contributed by atoms with E-state index in [1.54, 1.807) is 42.2 Å². The van der Waals surface area contributed by atoms with Gasteiger partial charge in [0.05, 0.1) is 25.0 Å². The average Bonchev–Trinajstić information content (AvgIpc) is 3.40. The van der Waals surface area contributed by atoms with Crippen LogP contribution in [0, 0.1) is 0 Å². The molecule has 36 heavy (non-hydrogen) atoms. The fraction of sp³-hybridized carbons (Fsp3) is 0.231. The molecule has 2 heterocycles. The van der Waals surface area contributed by atoms with Gasteiger partial charge in [-0.2, -0.15) is 0 Å². The standard InChI is InChI=1S/C26H26N6O4/c1-2-36-23(33)10-6-14-28-26(35)24-22(9-5-13-27-24)30-25(34)21-12-11-18(17-32-16-15-29-31-32)19-7-3-4-8-20(19)21/h3-5,7-9,11-13,15-16H,2,6,10,14,17H2,1H3,(H,28,35)(H,30,34). The van der Waals surface area contributed by atoms with Crippen molar-refractivity contribution >= 4 is 34.2 Å². The van der Waals surface area contributed by atoms with Gasteiger partial charge in [0.1, 0.15) is 0 Å². The van der Waals surface area contributed by atoms with Crippen molar-refractivity contribution in [1.82, 2.24) is 25.3 Å². The highest BCUT2D eigenvalue weighted by molar-refractivity contribution is 6.15. The number of carbonyl (C=O) groups is 3. The summed E-state index contributed by atoms with van der Waals surface area (Å²) in [4.78, 5) is 41.6. The maximum absolute atomic E-state index is 13.3. The van der Waals surface area contributed by atoms with Crippen molar-refractivity contribution in [3.05, 3.63) is 83.9 Å². The number of rotatable bonds is 10. The topological polar surface area (TPSA) is 128 Å². The summed E-state index contributed by atoms with van der Waals surface area (Å²) < 4.78 is 6.60. The van der Waals surface area contributed by atoms with Gasteiger partial charge in [-0.25, -0.2) is 9.67 Å². The second-order valence-corrected chi connectivity index (χ2v) is 7.94. The molecule has 10 nitrogen and oxygen atoms in total. The molecule has 0 radical (unpaired) electrons. The highest BCUT2D eigenvalue weighted by Gasteiger charge is 2.18. The molecule has 0 aliphatic rings. The second-order valence-electron chi connectivity index (χ2n) is 7.94. The number of hydrogen-bond acceptors (Lipinski definition) is 7. The van der Waals surface area contributed by atoms with Crippen molar-refractivity contribution in [3.8, 4) is 0 Å². The van der Waals surface area contributed by atoms with Crippen molar-refractivity contribution in [1.29, 1.82) is 0 Å². The number of hydrogen-bond donors (Lipinski definition) is 2. The molecule has 0 unspecified atom stereocenters. The fourth-order valence-corrected chi connectivity index (χ4v) is 3.82. The van der Waals surface area contributed by atoms with E-state index in [9.17, 15) is 14.4 Å². The summed E-state index contributed by atoms with van der Waals surface area (Å²) in [6, 6.07) is 14.5. The van der Waals surface area contributed by atoms with Gasteiger partial charge in [0.25, 0.3) is 11.8 Å². The number of ether oxygens (including phenoxy) is 1. The molecule has 4 aromatic rings. The zero-order valence-corrected chi connectivity index (χ0v) is 19.8. The summed E-state index contributed by atoms with van der Waals surface area (Å²) in [6.45, 7) is 2.86. The van der Waals surface area contributed by atoms with Crippen LogP contribution in [-0.2, 0) is 16.1 Å². The summed E-state index contributed by atoms with van der Waals surface area (Å²) in [5.41, 5.74) is 1.85. The highest BCUT2D eigenvalue weighted by Crippen LogP contribution is 2.25. The summed E-state index contributed by atoms with van der Waals surface area (Å²) in [6.07, 6.45) is 5.52. The Hall–Kier alpha value is -4.60. The lowest BCUT2D eigenvalue weighted by atomic mass is 9.99. The van der Waals surface area contributed by atoms with Gasteiger partial charge in [-0.05, 0) is 47.9 Å². The fourth-order valence-electron chi connectivity index (χ4n) is 3.82. The SMILES string of the molecule is CCOC(=O)CCCNC(=O)c1ncccc1NC(=O)c1ccc(Cn2ccnn2)c2ccccc12. The number of carbonyl (C=O) groups excluding carboxylic acids is 3. The molecule has 0 aliphatic heterocycles. The van der Waals surface area contributed by atoms with E-state index in [1.165, 1.54) is 6.20 Å². The van der Waals surface area contributed by atoms with E-state index in [-0.39, 0.29) is 30.5 Å². The van der Waals surface area contributed by atoms with Crippen LogP contribution < -0.4 is 10.6 Å². The number of benzene rings is 2. The first kappa shape index (κ1) is 24.5. The third kappa shape index (κ3) is 5.90. The molecule has 2 amide bonds. The van der Waals surface area contributed by atoms with Gasteiger partial charge in [-0.1, -0.05) is 35.5 Å². The lowest BCUT2D eigenvalue weighted by Crippen LogP contribution is -2.27. The molecule has 10 heteroatoms. The molecule has 0 atom stereocenters. The summed E-state index contributed by atoms with van der Waals surface area (Å²) in [5.74, 6) is -1.11. The molecule has 0 saturated heterocycles. The maximum atomic E-state index is 13.3. The largest absolute Gasteiger partial charge is 0.466 e. The Morgan fingerprint density at radius 2 is 1.81 bits per heavy atom. The van der Waals surface area contributed by atoms with Crippen molar-refractivity contribution < 1.29 is 19.1 Å². The van der Waals surface area contributed by atoms with Gasteiger partial charge in [0.15, 0.2) is 5.69 Å². The van der Waals surface area contributed by atoms with Gasteiger partial charge < -0.3 is 15.4 Å². The Bertz CT molecular complexity index is 1370. The van der Waals surface area contributed by atoms with Gasteiger partial charge in [-0.3, -0.25) is 14.4 Å². The van der Waals surface area contributed by atoms with Crippen molar-refractivity contribution in [2.45, 2.75) is 26.3 Å². The average molecular weight is 487 g/mol. The minimum atomic E-state index is -0.442. The van der Waals surface area contributed by atoms with Crippen LogP contribution >= 0.6 is 0 Å². The normalized spacial score (nSPS) is 10.7. The molecule has 0 fully saturated rings. The third-order valence-electron chi connectivity index (χ3n) is 5.48. The molecule has 2 N–H and O–H groups in total. The van der Waals surface area contributed by atoms with E-state index < -0.39 is 5.91 Å².